The molecule has 0 unspecified atom stereocenters. The van der Waals surface area contributed by atoms with E-state index in [0.29, 0.717) is 44.0 Å². The Balaban J connectivity index is 1.49. The molecule has 1 aromatic heterocycles. The molecule has 8 heteroatoms. The smallest absolute Gasteiger partial charge is 0.271 e. The molecule has 1 aliphatic rings. The number of fused-ring (bicyclic) bond motifs is 1. The molecule has 1 aliphatic heterocycles. The minimum Gasteiger partial charge on any atom is -0.493 e. The van der Waals surface area contributed by atoms with Gasteiger partial charge < -0.3 is 19.7 Å². The molecule has 0 atom stereocenters. The highest BCUT2D eigenvalue weighted by Crippen LogP contribution is 2.33. The molecule has 2 aromatic rings. The molecule has 0 saturated heterocycles. The number of methoxy groups -OCH3 is 2. The van der Waals surface area contributed by atoms with Crippen LogP contribution in [0, 0.1) is 0 Å². The van der Waals surface area contributed by atoms with Gasteiger partial charge >= 0.3 is 0 Å². The lowest BCUT2D eigenvalue weighted by Gasteiger charge is -2.29. The fourth-order valence-corrected chi connectivity index (χ4v) is 3.20. The number of hydrogen-bond donors (Lipinski definition) is 1. The van der Waals surface area contributed by atoms with Crippen LogP contribution in [0.5, 0.6) is 11.5 Å². The summed E-state index contributed by atoms with van der Waals surface area (Å²) in [6.07, 6.45) is 6.12. The molecule has 0 aliphatic carbocycles. The maximum atomic E-state index is 12.5. The molecule has 0 saturated carbocycles. The number of nitrogens with zero attached hydrogens (tertiary/aromatic N) is 3. The van der Waals surface area contributed by atoms with Gasteiger partial charge in [-0.25, -0.2) is 4.98 Å². The van der Waals surface area contributed by atoms with E-state index < -0.39 is 0 Å². The Morgan fingerprint density at radius 1 is 1.14 bits per heavy atom. The van der Waals surface area contributed by atoms with Gasteiger partial charge in [0.2, 0.25) is 5.91 Å². The van der Waals surface area contributed by atoms with Crippen LogP contribution in [0.2, 0.25) is 0 Å². The van der Waals surface area contributed by atoms with Gasteiger partial charge in [-0.05, 0) is 36.1 Å². The van der Waals surface area contributed by atoms with Crippen LogP contribution in [0.15, 0.2) is 30.7 Å². The quantitative estimate of drug-likeness (QED) is 0.729. The van der Waals surface area contributed by atoms with Crippen molar-refractivity contribution in [3.8, 4) is 11.5 Å². The average Bonchev–Trinajstić information content (AvgIpc) is 2.75. The summed E-state index contributed by atoms with van der Waals surface area (Å²) >= 11 is 0. The first-order valence-electron chi connectivity index (χ1n) is 9.18. The lowest BCUT2D eigenvalue weighted by Crippen LogP contribution is -2.36. The number of amides is 2. The normalized spacial score (nSPS) is 12.9. The molecule has 0 radical (unpaired) electrons. The van der Waals surface area contributed by atoms with Gasteiger partial charge in [0.25, 0.3) is 5.91 Å². The van der Waals surface area contributed by atoms with E-state index in [1.165, 1.54) is 24.2 Å². The van der Waals surface area contributed by atoms with E-state index in [2.05, 4.69) is 15.3 Å². The van der Waals surface area contributed by atoms with Crippen molar-refractivity contribution >= 4 is 11.8 Å². The van der Waals surface area contributed by atoms with E-state index in [9.17, 15) is 9.59 Å². The number of rotatable bonds is 7. The minimum atomic E-state index is -0.284. The third kappa shape index (κ3) is 4.57. The second-order valence-electron chi connectivity index (χ2n) is 6.49. The Hall–Kier alpha value is -3.16. The van der Waals surface area contributed by atoms with Crippen molar-refractivity contribution in [1.82, 2.24) is 20.2 Å². The van der Waals surface area contributed by atoms with Crippen molar-refractivity contribution < 1.29 is 19.1 Å². The number of nitrogens with one attached hydrogen (secondary N) is 1. The van der Waals surface area contributed by atoms with Crippen LogP contribution in [0.4, 0.5) is 0 Å². The zero-order valence-corrected chi connectivity index (χ0v) is 16.1. The molecule has 3 rings (SSSR count). The topological polar surface area (TPSA) is 93.7 Å². The second kappa shape index (κ2) is 9.16. The van der Waals surface area contributed by atoms with Gasteiger partial charge in [0.05, 0.1) is 20.4 Å². The molecule has 0 bridgehead atoms. The van der Waals surface area contributed by atoms with E-state index in [4.69, 9.17) is 9.47 Å². The monoisotopic (exact) mass is 384 g/mol. The molecule has 148 valence electrons. The van der Waals surface area contributed by atoms with Crippen molar-refractivity contribution in [3.05, 3.63) is 47.5 Å². The summed E-state index contributed by atoms with van der Waals surface area (Å²) in [6, 6.07) is 3.92. The zero-order valence-electron chi connectivity index (χ0n) is 16.1. The SMILES string of the molecule is COc1cc2c(cc1OC)CN(C(=O)CCCNC(=O)c1cnccn1)CC2. The van der Waals surface area contributed by atoms with Gasteiger partial charge in [-0.2, -0.15) is 0 Å². The summed E-state index contributed by atoms with van der Waals surface area (Å²) in [7, 11) is 3.22. The van der Waals surface area contributed by atoms with Gasteiger partial charge in [-0.1, -0.05) is 0 Å². The number of hydrogen-bond acceptors (Lipinski definition) is 6. The van der Waals surface area contributed by atoms with Crippen LogP contribution < -0.4 is 14.8 Å². The highest BCUT2D eigenvalue weighted by atomic mass is 16.5. The van der Waals surface area contributed by atoms with Crippen molar-refractivity contribution in [1.29, 1.82) is 0 Å². The first-order valence-corrected chi connectivity index (χ1v) is 9.18. The number of carbonyl (C=O) groups is 2. The summed E-state index contributed by atoms with van der Waals surface area (Å²) < 4.78 is 10.7. The van der Waals surface area contributed by atoms with Gasteiger partial charge in [0.1, 0.15) is 5.69 Å². The van der Waals surface area contributed by atoms with Crippen LogP contribution in [0.25, 0.3) is 0 Å². The van der Waals surface area contributed by atoms with Crippen molar-refractivity contribution in [2.24, 2.45) is 0 Å². The van der Waals surface area contributed by atoms with Crippen LogP contribution in [0.3, 0.4) is 0 Å². The lowest BCUT2D eigenvalue weighted by molar-refractivity contribution is -0.132. The largest absolute Gasteiger partial charge is 0.493 e. The van der Waals surface area contributed by atoms with Crippen molar-refractivity contribution in [2.45, 2.75) is 25.8 Å². The predicted molar refractivity (Wildman–Crippen MR) is 102 cm³/mol. The Kier molecular flexibility index (Phi) is 6.41. The molecule has 2 heterocycles. The number of carbonyl (C=O) groups excluding carboxylic acids is 2. The number of aromatic nitrogens is 2. The van der Waals surface area contributed by atoms with E-state index in [1.54, 1.807) is 14.2 Å². The Morgan fingerprint density at radius 3 is 2.57 bits per heavy atom. The van der Waals surface area contributed by atoms with E-state index in [-0.39, 0.29) is 17.5 Å². The highest BCUT2D eigenvalue weighted by molar-refractivity contribution is 5.91. The number of ether oxygens (including phenoxy) is 2. The summed E-state index contributed by atoms with van der Waals surface area (Å²) in [5, 5.41) is 2.76. The molecular formula is C20H24N4O4. The molecule has 8 nitrogen and oxygen atoms in total. The maximum Gasteiger partial charge on any atom is 0.271 e. The standard InChI is InChI=1S/C20H24N4O4/c1-27-17-10-14-5-9-24(13-15(14)11-18(17)28-2)19(25)4-3-6-23-20(26)16-12-21-7-8-22-16/h7-8,10-12H,3-6,9,13H2,1-2H3,(H,23,26). The molecule has 0 spiro atoms. The summed E-state index contributed by atoms with van der Waals surface area (Å²) in [5.74, 6) is 1.17. The van der Waals surface area contributed by atoms with Crippen LogP contribution in [-0.4, -0.2) is 54.0 Å². The van der Waals surface area contributed by atoms with E-state index in [1.807, 2.05) is 17.0 Å². The predicted octanol–water partition coefficient (Wildman–Crippen LogP) is 1.59. The highest BCUT2D eigenvalue weighted by Gasteiger charge is 2.22. The zero-order chi connectivity index (χ0) is 19.9. The van der Waals surface area contributed by atoms with Crippen LogP contribution >= 0.6 is 0 Å². The molecule has 1 aromatic carbocycles. The fourth-order valence-electron chi connectivity index (χ4n) is 3.20. The van der Waals surface area contributed by atoms with Crippen LogP contribution in [-0.2, 0) is 17.8 Å². The summed E-state index contributed by atoms with van der Waals surface area (Å²) in [6.45, 7) is 1.64. The third-order valence-electron chi connectivity index (χ3n) is 4.72. The second-order valence-corrected chi connectivity index (χ2v) is 6.49. The summed E-state index contributed by atoms with van der Waals surface area (Å²) in [5.41, 5.74) is 2.52. The first-order chi connectivity index (χ1) is 13.6. The van der Waals surface area contributed by atoms with Gasteiger partial charge in [0, 0.05) is 38.4 Å². The van der Waals surface area contributed by atoms with E-state index >= 15 is 0 Å². The van der Waals surface area contributed by atoms with Crippen molar-refractivity contribution in [2.75, 3.05) is 27.3 Å². The molecule has 0 fully saturated rings. The van der Waals surface area contributed by atoms with Gasteiger partial charge in [0.15, 0.2) is 11.5 Å². The fraction of sp³-hybridized carbons (Fsp3) is 0.400. The molecular weight excluding hydrogens is 360 g/mol. The first kappa shape index (κ1) is 19.6. The lowest BCUT2D eigenvalue weighted by atomic mass is 9.98. The van der Waals surface area contributed by atoms with Gasteiger partial charge in [-0.15, -0.1) is 0 Å². The summed E-state index contributed by atoms with van der Waals surface area (Å²) in [4.78, 5) is 34.1. The average molecular weight is 384 g/mol. The Bertz CT molecular complexity index is 842. The minimum absolute atomic E-state index is 0.0780. The molecule has 1 N–H and O–H groups in total. The Labute approximate surface area is 163 Å². The molecule has 28 heavy (non-hydrogen) atoms. The molecule has 2 amide bonds. The third-order valence-corrected chi connectivity index (χ3v) is 4.72. The number of benzene rings is 1. The maximum absolute atomic E-state index is 12.5. The Morgan fingerprint density at radius 2 is 1.89 bits per heavy atom. The van der Waals surface area contributed by atoms with Crippen LogP contribution in [0.1, 0.15) is 34.5 Å². The van der Waals surface area contributed by atoms with E-state index in [0.717, 1.165) is 12.0 Å². The van der Waals surface area contributed by atoms with Crippen molar-refractivity contribution in [3.63, 3.8) is 0 Å². The van der Waals surface area contributed by atoms with Gasteiger partial charge in [-0.3, -0.25) is 14.6 Å².